The van der Waals surface area contributed by atoms with E-state index >= 15 is 0 Å². The summed E-state index contributed by atoms with van der Waals surface area (Å²) in [5.74, 6) is 0.792. The van der Waals surface area contributed by atoms with Gasteiger partial charge in [-0.25, -0.2) is 4.39 Å². The topological polar surface area (TPSA) is 12.0 Å². The van der Waals surface area contributed by atoms with Gasteiger partial charge in [0, 0.05) is 16.7 Å². The molecule has 1 unspecified atom stereocenters. The van der Waals surface area contributed by atoms with Crippen molar-refractivity contribution in [2.75, 3.05) is 12.3 Å². The fourth-order valence-corrected chi connectivity index (χ4v) is 2.53. The molecule has 0 amide bonds. The summed E-state index contributed by atoms with van der Waals surface area (Å²) in [6, 6.07) is 7.07. The van der Waals surface area contributed by atoms with E-state index in [9.17, 15) is 4.39 Å². The van der Waals surface area contributed by atoms with E-state index in [4.69, 9.17) is 0 Å². The Morgan fingerprint density at radius 2 is 2.00 bits per heavy atom. The largest absolute Gasteiger partial charge is 0.310 e. The first kappa shape index (κ1) is 15.3. The van der Waals surface area contributed by atoms with Crippen LogP contribution in [0.2, 0.25) is 0 Å². The highest BCUT2D eigenvalue weighted by atomic mass is 32.2. The van der Waals surface area contributed by atoms with Crippen LogP contribution < -0.4 is 5.32 Å². The lowest BCUT2D eigenvalue weighted by Gasteiger charge is -2.15. The molecule has 0 fully saturated rings. The predicted octanol–water partition coefficient (Wildman–Crippen LogP) is 4.25. The van der Waals surface area contributed by atoms with Crippen molar-refractivity contribution in [1.82, 2.24) is 5.32 Å². The van der Waals surface area contributed by atoms with E-state index in [1.54, 1.807) is 11.8 Å². The van der Waals surface area contributed by atoms with E-state index in [-0.39, 0.29) is 5.82 Å². The van der Waals surface area contributed by atoms with Gasteiger partial charge in [-0.2, -0.15) is 0 Å². The van der Waals surface area contributed by atoms with Gasteiger partial charge in [-0.1, -0.05) is 18.6 Å². The molecule has 100 valence electrons. The van der Waals surface area contributed by atoms with Gasteiger partial charge in [-0.15, -0.1) is 11.8 Å². The smallest absolute Gasteiger partial charge is 0.123 e. The fourth-order valence-electron chi connectivity index (χ4n) is 1.61. The standard InChI is InChI=1S/C15H22FNS/c1-4-9-17-14(10-12(2)3)11-18-15-7-5-13(16)6-8-15/h5-8,10,14,17H,4,9,11H2,1-3H3. The van der Waals surface area contributed by atoms with Crippen LogP contribution in [0.25, 0.3) is 0 Å². The van der Waals surface area contributed by atoms with Crippen LogP contribution in [0.1, 0.15) is 27.2 Å². The number of hydrogen-bond acceptors (Lipinski definition) is 2. The average Bonchev–Trinajstić information content (AvgIpc) is 2.34. The molecule has 18 heavy (non-hydrogen) atoms. The first-order chi connectivity index (χ1) is 8.61. The molecule has 0 aliphatic rings. The number of hydrogen-bond donors (Lipinski definition) is 1. The van der Waals surface area contributed by atoms with Crippen LogP contribution in [-0.2, 0) is 0 Å². The van der Waals surface area contributed by atoms with Crippen LogP contribution in [-0.4, -0.2) is 18.3 Å². The van der Waals surface area contributed by atoms with Crippen molar-refractivity contribution in [2.45, 2.75) is 38.1 Å². The second-order valence-corrected chi connectivity index (χ2v) is 5.66. The van der Waals surface area contributed by atoms with Crippen molar-refractivity contribution in [1.29, 1.82) is 0 Å². The number of benzene rings is 1. The van der Waals surface area contributed by atoms with Crippen LogP contribution in [0, 0.1) is 5.82 Å². The average molecular weight is 267 g/mol. The molecule has 1 rings (SSSR count). The minimum atomic E-state index is -0.177. The minimum Gasteiger partial charge on any atom is -0.310 e. The quantitative estimate of drug-likeness (QED) is 0.585. The van der Waals surface area contributed by atoms with Crippen LogP contribution in [0.4, 0.5) is 4.39 Å². The van der Waals surface area contributed by atoms with Crippen molar-refractivity contribution in [3.05, 3.63) is 41.7 Å². The van der Waals surface area contributed by atoms with E-state index < -0.39 is 0 Å². The molecule has 0 aromatic heterocycles. The molecule has 0 spiro atoms. The van der Waals surface area contributed by atoms with Crippen LogP contribution in [0.5, 0.6) is 0 Å². The molecule has 0 bridgehead atoms. The number of thioether (sulfide) groups is 1. The van der Waals surface area contributed by atoms with Gasteiger partial charge in [-0.3, -0.25) is 0 Å². The molecule has 3 heteroatoms. The highest BCUT2D eigenvalue weighted by molar-refractivity contribution is 7.99. The molecule has 0 radical (unpaired) electrons. The van der Waals surface area contributed by atoms with Crippen LogP contribution in [0.3, 0.4) is 0 Å². The third kappa shape index (κ3) is 6.22. The summed E-state index contributed by atoms with van der Waals surface area (Å²) in [4.78, 5) is 1.11. The molecule has 1 atom stereocenters. The first-order valence-corrected chi connectivity index (χ1v) is 7.37. The lowest BCUT2D eigenvalue weighted by Crippen LogP contribution is -2.30. The monoisotopic (exact) mass is 267 g/mol. The highest BCUT2D eigenvalue weighted by Crippen LogP contribution is 2.19. The molecular formula is C15H22FNS. The van der Waals surface area contributed by atoms with Crippen molar-refractivity contribution in [3.8, 4) is 0 Å². The van der Waals surface area contributed by atoms with Gasteiger partial charge in [-0.05, 0) is 51.1 Å². The Balaban J connectivity index is 2.50. The van der Waals surface area contributed by atoms with E-state index in [0.29, 0.717) is 6.04 Å². The summed E-state index contributed by atoms with van der Waals surface area (Å²) in [6.07, 6.45) is 3.39. The summed E-state index contributed by atoms with van der Waals surface area (Å²) in [5, 5.41) is 3.51. The maximum Gasteiger partial charge on any atom is 0.123 e. The molecular weight excluding hydrogens is 245 g/mol. The molecule has 1 aromatic carbocycles. The summed E-state index contributed by atoms with van der Waals surface area (Å²) >= 11 is 1.76. The molecule has 0 aliphatic carbocycles. The Bertz CT molecular complexity index is 369. The second-order valence-electron chi connectivity index (χ2n) is 4.57. The summed E-state index contributed by atoms with van der Waals surface area (Å²) in [6.45, 7) is 7.42. The minimum absolute atomic E-state index is 0.177. The third-order valence-electron chi connectivity index (χ3n) is 2.43. The van der Waals surface area contributed by atoms with Gasteiger partial charge in [0.2, 0.25) is 0 Å². The van der Waals surface area contributed by atoms with Gasteiger partial charge in [0.25, 0.3) is 0 Å². The maximum absolute atomic E-state index is 12.8. The molecule has 0 heterocycles. The Labute approximate surface area is 114 Å². The zero-order valence-corrected chi connectivity index (χ0v) is 12.2. The van der Waals surface area contributed by atoms with Gasteiger partial charge in [0.05, 0.1) is 0 Å². The van der Waals surface area contributed by atoms with E-state index in [1.165, 1.54) is 17.7 Å². The van der Waals surface area contributed by atoms with Gasteiger partial charge < -0.3 is 5.32 Å². The normalized spacial score (nSPS) is 12.2. The Morgan fingerprint density at radius 3 is 2.56 bits per heavy atom. The lowest BCUT2D eigenvalue weighted by molar-refractivity contribution is 0.625. The van der Waals surface area contributed by atoms with Crippen molar-refractivity contribution < 1.29 is 4.39 Å². The Kier molecular flexibility index (Phi) is 7.06. The van der Waals surface area contributed by atoms with Crippen molar-refractivity contribution in [3.63, 3.8) is 0 Å². The fraction of sp³-hybridized carbons (Fsp3) is 0.467. The number of rotatable bonds is 7. The molecule has 0 aliphatic heterocycles. The first-order valence-electron chi connectivity index (χ1n) is 6.38. The maximum atomic E-state index is 12.8. The second kappa shape index (κ2) is 8.33. The van der Waals surface area contributed by atoms with Crippen LogP contribution in [0.15, 0.2) is 40.8 Å². The molecule has 1 N–H and O–H groups in total. The van der Waals surface area contributed by atoms with Crippen molar-refractivity contribution >= 4 is 11.8 Å². The van der Waals surface area contributed by atoms with Gasteiger partial charge in [0.1, 0.15) is 5.82 Å². The summed E-state index contributed by atoms with van der Waals surface area (Å²) in [5.41, 5.74) is 1.32. The van der Waals surface area contributed by atoms with E-state index in [1.807, 2.05) is 12.1 Å². The highest BCUT2D eigenvalue weighted by Gasteiger charge is 2.05. The molecule has 0 saturated carbocycles. The van der Waals surface area contributed by atoms with E-state index in [2.05, 4.69) is 32.2 Å². The lowest BCUT2D eigenvalue weighted by atomic mass is 10.2. The van der Waals surface area contributed by atoms with Crippen molar-refractivity contribution in [2.24, 2.45) is 0 Å². The zero-order chi connectivity index (χ0) is 13.4. The third-order valence-corrected chi connectivity index (χ3v) is 3.57. The Morgan fingerprint density at radius 1 is 1.33 bits per heavy atom. The summed E-state index contributed by atoms with van der Waals surface area (Å²) in [7, 11) is 0. The van der Waals surface area contributed by atoms with E-state index in [0.717, 1.165) is 23.6 Å². The van der Waals surface area contributed by atoms with Gasteiger partial charge >= 0.3 is 0 Å². The molecule has 1 nitrogen and oxygen atoms in total. The zero-order valence-electron chi connectivity index (χ0n) is 11.4. The predicted molar refractivity (Wildman–Crippen MR) is 78.6 cm³/mol. The van der Waals surface area contributed by atoms with Gasteiger partial charge in [0.15, 0.2) is 0 Å². The Hall–Kier alpha value is -0.800. The summed E-state index contributed by atoms with van der Waals surface area (Å²) < 4.78 is 12.8. The molecule has 1 aromatic rings. The number of halogens is 1. The molecule has 0 saturated heterocycles. The van der Waals surface area contributed by atoms with Crippen LogP contribution >= 0.6 is 11.8 Å². The number of allylic oxidation sites excluding steroid dienone is 1. The SMILES string of the molecule is CCCNC(C=C(C)C)CSc1ccc(F)cc1. The number of nitrogens with one attached hydrogen (secondary N) is 1.